The Morgan fingerprint density at radius 2 is 1.12 bits per heavy atom. The number of halogens is 1. The molecule has 0 amide bonds. The van der Waals surface area contributed by atoms with Crippen LogP contribution in [0.25, 0.3) is 0 Å². The van der Waals surface area contributed by atoms with Gasteiger partial charge in [0.1, 0.15) is 0 Å². The molecule has 0 unspecified atom stereocenters. The second kappa shape index (κ2) is 7.64. The van der Waals surface area contributed by atoms with Gasteiger partial charge in [-0.25, -0.2) is 0 Å². The molecule has 0 aliphatic heterocycles. The summed E-state index contributed by atoms with van der Waals surface area (Å²) in [4.78, 5) is 0. The summed E-state index contributed by atoms with van der Waals surface area (Å²) < 4.78 is 34.1. The summed E-state index contributed by atoms with van der Waals surface area (Å²) in [7, 11) is -5.17. The smallest absolute Gasteiger partial charge is 0.759 e. The standard InChI is InChI=1S/ClH.Mn.H2O4S.H2O/c;;1-5(2,3)4;/h1H;;(H2,1,2,3,4);1H2/q;+2;;/p-2. The van der Waals surface area contributed by atoms with Crippen molar-refractivity contribution in [2.45, 2.75) is 0 Å². The van der Waals surface area contributed by atoms with Crippen molar-refractivity contribution in [2.75, 3.05) is 0 Å². The van der Waals surface area contributed by atoms with Crippen molar-refractivity contribution in [3.05, 3.63) is 0 Å². The first-order valence-electron chi connectivity index (χ1n) is 0.667. The second-order valence-corrected chi connectivity index (χ2v) is 1.22. The molecule has 0 aliphatic carbocycles. The average Bonchev–Trinajstić information content (AvgIpc) is 0.722. The Bertz CT molecular complexity index is 95.6. The summed E-state index contributed by atoms with van der Waals surface area (Å²) in [5, 5.41) is 0. The van der Waals surface area contributed by atoms with E-state index in [-0.39, 0.29) is 35.0 Å². The van der Waals surface area contributed by atoms with E-state index in [1.165, 1.54) is 0 Å². The first-order chi connectivity index (χ1) is 2.00. The van der Waals surface area contributed by atoms with Gasteiger partial charge in [-0.2, -0.15) is 0 Å². The zero-order valence-electron chi connectivity index (χ0n) is 3.33. The van der Waals surface area contributed by atoms with E-state index >= 15 is 0 Å². The van der Waals surface area contributed by atoms with Gasteiger partial charge in [-0.3, -0.25) is 8.42 Å². The van der Waals surface area contributed by atoms with Gasteiger partial charge in [0, 0.05) is 10.4 Å². The molecular weight excluding hydrogens is 202 g/mol. The summed E-state index contributed by atoms with van der Waals surface area (Å²) in [5.74, 6) is 0. The molecule has 0 rings (SSSR count). The van der Waals surface area contributed by atoms with Crippen LogP contribution >= 0.6 is 12.4 Å². The molecule has 53 valence electrons. The van der Waals surface area contributed by atoms with E-state index in [0.717, 1.165) is 0 Å². The van der Waals surface area contributed by atoms with Crippen LogP contribution in [0.15, 0.2) is 0 Å². The molecule has 0 saturated heterocycles. The Morgan fingerprint density at radius 3 is 1.12 bits per heavy atom. The fourth-order valence-electron chi connectivity index (χ4n) is 0. The maximum absolute atomic E-state index is 8.52. The molecule has 0 spiro atoms. The third-order valence-electron chi connectivity index (χ3n) is 0. The van der Waals surface area contributed by atoms with Gasteiger partial charge in [0.05, 0.1) is 0 Å². The number of rotatable bonds is 0. The van der Waals surface area contributed by atoms with Crippen molar-refractivity contribution in [2.24, 2.45) is 0 Å². The van der Waals surface area contributed by atoms with E-state index in [1.807, 2.05) is 0 Å². The number of hydrogen-bond donors (Lipinski definition) is 0. The van der Waals surface area contributed by atoms with Gasteiger partial charge in [-0.1, -0.05) is 0 Å². The molecule has 5 nitrogen and oxygen atoms in total. The first kappa shape index (κ1) is 23.4. The first-order valence-corrected chi connectivity index (χ1v) is 2.00. The maximum atomic E-state index is 8.52. The van der Waals surface area contributed by atoms with Crippen LogP contribution in [0.2, 0.25) is 0 Å². The molecule has 0 aromatic rings. The molecule has 8 heteroatoms. The van der Waals surface area contributed by atoms with Gasteiger partial charge in [-0.15, -0.1) is 12.4 Å². The van der Waals surface area contributed by atoms with Crippen LogP contribution in [-0.4, -0.2) is 23.0 Å². The average molecular weight is 205 g/mol. The molecule has 0 bridgehead atoms. The summed E-state index contributed by atoms with van der Waals surface area (Å²) in [5.41, 5.74) is 0. The van der Waals surface area contributed by atoms with Crippen molar-refractivity contribution in [1.82, 2.24) is 0 Å². The van der Waals surface area contributed by atoms with Crippen molar-refractivity contribution in [1.29, 1.82) is 0 Å². The van der Waals surface area contributed by atoms with Crippen LogP contribution in [0.4, 0.5) is 0 Å². The molecule has 0 saturated carbocycles. The molecular formula is H3ClMnO5S. The van der Waals surface area contributed by atoms with Crippen molar-refractivity contribution in [3.63, 3.8) is 0 Å². The van der Waals surface area contributed by atoms with E-state index in [2.05, 4.69) is 0 Å². The van der Waals surface area contributed by atoms with E-state index in [4.69, 9.17) is 17.5 Å². The molecule has 0 fully saturated rings. The SMILES string of the molecule is Cl.O.O=S(=O)([O-])[O-].[Mn+2]. The minimum absolute atomic E-state index is 0. The van der Waals surface area contributed by atoms with Crippen LogP contribution in [0.3, 0.4) is 0 Å². The van der Waals surface area contributed by atoms with Gasteiger partial charge in [-0.05, 0) is 0 Å². The minimum atomic E-state index is -5.17. The normalized spacial score (nSPS) is 7.25. The van der Waals surface area contributed by atoms with E-state index in [0.29, 0.717) is 0 Å². The molecule has 0 aromatic carbocycles. The summed E-state index contributed by atoms with van der Waals surface area (Å²) in [6.45, 7) is 0. The fraction of sp³-hybridized carbons (Fsp3) is 0. The summed E-state index contributed by atoms with van der Waals surface area (Å²) in [6, 6.07) is 0. The molecule has 0 heterocycles. The van der Waals surface area contributed by atoms with Gasteiger partial charge >= 0.3 is 17.1 Å². The van der Waals surface area contributed by atoms with Crippen LogP contribution in [0.5, 0.6) is 0 Å². The van der Waals surface area contributed by atoms with E-state index < -0.39 is 10.4 Å². The quantitative estimate of drug-likeness (QED) is 0.265. The Morgan fingerprint density at radius 1 is 1.12 bits per heavy atom. The predicted molar refractivity (Wildman–Crippen MR) is 21.3 cm³/mol. The zero-order chi connectivity index (χ0) is 4.50. The van der Waals surface area contributed by atoms with Crippen LogP contribution in [0.1, 0.15) is 0 Å². The molecule has 0 atom stereocenters. The van der Waals surface area contributed by atoms with E-state index in [1.54, 1.807) is 0 Å². The van der Waals surface area contributed by atoms with E-state index in [9.17, 15) is 0 Å². The molecule has 0 aliphatic rings. The Balaban J connectivity index is -0.0000000267. The van der Waals surface area contributed by atoms with Gasteiger partial charge in [0.25, 0.3) is 0 Å². The molecule has 8 heavy (non-hydrogen) atoms. The third kappa shape index (κ3) is 516. The second-order valence-electron chi connectivity index (χ2n) is 0.408. The van der Waals surface area contributed by atoms with Crippen molar-refractivity contribution < 1.29 is 40.1 Å². The third-order valence-corrected chi connectivity index (χ3v) is 0. The Kier molecular flexibility index (Phi) is 22.4. The van der Waals surface area contributed by atoms with Gasteiger partial charge in [0.15, 0.2) is 0 Å². The van der Waals surface area contributed by atoms with Gasteiger partial charge in [0.2, 0.25) is 0 Å². The summed E-state index contributed by atoms with van der Waals surface area (Å²) >= 11 is 0. The monoisotopic (exact) mass is 205 g/mol. The predicted octanol–water partition coefficient (Wildman–Crippen LogP) is -1.74. The number of hydrogen-bond acceptors (Lipinski definition) is 4. The molecule has 2 N–H and O–H groups in total. The van der Waals surface area contributed by atoms with Crippen LogP contribution in [0, 0.1) is 0 Å². The maximum Gasteiger partial charge on any atom is 2.00 e. The summed E-state index contributed by atoms with van der Waals surface area (Å²) in [6.07, 6.45) is 0. The Labute approximate surface area is 63.2 Å². The van der Waals surface area contributed by atoms with Crippen molar-refractivity contribution >= 4 is 22.8 Å². The minimum Gasteiger partial charge on any atom is -0.759 e. The topological polar surface area (TPSA) is 112 Å². The fourth-order valence-corrected chi connectivity index (χ4v) is 0. The van der Waals surface area contributed by atoms with Crippen LogP contribution < -0.4 is 0 Å². The Hall–Kier alpha value is 0.639. The largest absolute Gasteiger partial charge is 2.00 e. The van der Waals surface area contributed by atoms with Gasteiger partial charge < -0.3 is 14.6 Å². The van der Waals surface area contributed by atoms with Crippen LogP contribution in [-0.2, 0) is 27.5 Å². The molecule has 1 radical (unpaired) electrons. The molecule has 0 aromatic heterocycles. The zero-order valence-corrected chi connectivity index (χ0v) is 6.14. The van der Waals surface area contributed by atoms with Crippen molar-refractivity contribution in [3.8, 4) is 0 Å².